The van der Waals surface area contributed by atoms with E-state index in [1.807, 2.05) is 0 Å². The van der Waals surface area contributed by atoms with E-state index in [1.165, 1.54) is 30.5 Å². The molecule has 0 amide bonds. The molecule has 2 aromatic carbocycles. The molecule has 1 N–H and O–H groups in total. The predicted octanol–water partition coefficient (Wildman–Crippen LogP) is 2.98. The van der Waals surface area contributed by atoms with Crippen LogP contribution >= 0.6 is 0 Å². The quantitative estimate of drug-likeness (QED) is 0.709. The van der Waals surface area contributed by atoms with Gasteiger partial charge in [0.25, 0.3) is 0 Å². The molecular formula is C26H37MnN4. The standard InChI is InChI=1S/C26H37N4.Mn/c1-3-8-24(9-4-1)22-26(23-25-10-5-2-6-11-25)12-14-28-15-18-29-17-7-13-27-16-19-30(26)21-20-29;/h1-6,8-11,28H,7,12-23H2;/q-1;+1. The first-order valence-corrected chi connectivity index (χ1v) is 12.4. The van der Waals surface area contributed by atoms with E-state index in [-0.39, 0.29) is 5.54 Å². The van der Waals surface area contributed by atoms with Gasteiger partial charge in [-0.3, -0.25) is 0 Å². The van der Waals surface area contributed by atoms with Crippen molar-refractivity contribution >= 4 is 0 Å². The van der Waals surface area contributed by atoms with Crippen LogP contribution in [0.1, 0.15) is 24.0 Å². The van der Waals surface area contributed by atoms with E-state index in [9.17, 15) is 0 Å². The van der Waals surface area contributed by atoms with Gasteiger partial charge in [-0.25, -0.2) is 0 Å². The van der Waals surface area contributed by atoms with Crippen molar-refractivity contribution in [3.8, 4) is 0 Å². The van der Waals surface area contributed by atoms with Gasteiger partial charge in [0.2, 0.25) is 0 Å². The number of hydrogen-bond acceptors (Lipinski definition) is 4. The van der Waals surface area contributed by atoms with E-state index in [4.69, 9.17) is 0 Å². The van der Waals surface area contributed by atoms with Crippen molar-refractivity contribution in [3.05, 3.63) is 71.8 Å². The molecule has 2 saturated heterocycles. The van der Waals surface area contributed by atoms with E-state index in [0.29, 0.717) is 0 Å². The van der Waals surface area contributed by atoms with Gasteiger partial charge in [0.15, 0.2) is 0 Å². The molecule has 2 aliphatic heterocycles. The summed E-state index contributed by atoms with van der Waals surface area (Å²) in [5.74, 6) is 0. The molecule has 2 unspecified atom stereocenters. The molecule has 31 heavy (non-hydrogen) atoms. The van der Waals surface area contributed by atoms with Crippen LogP contribution in [0.25, 0.3) is 0 Å². The van der Waals surface area contributed by atoms with Gasteiger partial charge in [0.05, 0.1) is 0 Å². The summed E-state index contributed by atoms with van der Waals surface area (Å²) in [6.45, 7) is 10.1. The zero-order valence-electron chi connectivity index (χ0n) is 18.7. The molecule has 2 atom stereocenters. The molecule has 2 aromatic rings. The van der Waals surface area contributed by atoms with Crippen LogP contribution in [0, 0.1) is 0 Å². The van der Waals surface area contributed by atoms with Crippen LogP contribution in [0.2, 0.25) is 0 Å². The monoisotopic (exact) mass is 460 g/mol. The first-order chi connectivity index (χ1) is 15.2. The Morgan fingerprint density at radius 2 is 1.35 bits per heavy atom. The normalized spacial score (nSPS) is 25.7. The fraction of sp³-hybridized carbons (Fsp3) is 0.538. The molecular weight excluding hydrogens is 423 g/mol. The third-order valence-corrected chi connectivity index (χ3v) is 7.50. The third kappa shape index (κ3) is 6.64. The molecule has 0 spiro atoms. The zero-order valence-corrected chi connectivity index (χ0v) is 19.9. The van der Waals surface area contributed by atoms with Gasteiger partial charge in [0, 0.05) is 0 Å². The Morgan fingerprint density at radius 1 is 0.710 bits per heavy atom. The molecule has 168 valence electrons. The second-order valence-corrected chi connectivity index (χ2v) is 9.89. The molecule has 0 radical (unpaired) electrons. The predicted molar refractivity (Wildman–Crippen MR) is 125 cm³/mol. The van der Waals surface area contributed by atoms with E-state index < -0.39 is 0 Å². The second kappa shape index (κ2) is 11.6. The Kier molecular flexibility index (Phi) is 8.60. The maximum absolute atomic E-state index is 3.83. The molecule has 0 aromatic heterocycles. The van der Waals surface area contributed by atoms with E-state index in [0.717, 1.165) is 65.2 Å². The summed E-state index contributed by atoms with van der Waals surface area (Å²) in [5.41, 5.74) is 2.99. The second-order valence-electron chi connectivity index (χ2n) is 9.14. The van der Waals surface area contributed by atoms with Crippen molar-refractivity contribution in [2.45, 2.75) is 31.2 Å². The van der Waals surface area contributed by atoms with Crippen LogP contribution in [-0.2, 0) is 29.1 Å². The molecule has 0 saturated carbocycles. The van der Waals surface area contributed by atoms with Crippen molar-refractivity contribution in [3.63, 3.8) is 0 Å². The van der Waals surface area contributed by atoms with Crippen molar-refractivity contribution in [2.24, 2.45) is 0 Å². The summed E-state index contributed by atoms with van der Waals surface area (Å²) in [5, 5.41) is 3.77. The minimum absolute atomic E-state index is 0.103. The molecule has 2 fully saturated rings. The SMILES string of the molecule is [Mn][N]1CCCN2CCNCCC(Cc3ccccc3)(Cc3ccccc3)N(CC1)CC2. The van der Waals surface area contributed by atoms with Crippen LogP contribution in [0.3, 0.4) is 0 Å². The first kappa shape index (κ1) is 23.0. The van der Waals surface area contributed by atoms with Gasteiger partial charge >= 0.3 is 197 Å². The topological polar surface area (TPSA) is 21.8 Å². The third-order valence-electron chi connectivity index (χ3n) is 6.97. The van der Waals surface area contributed by atoms with Gasteiger partial charge in [0.1, 0.15) is 0 Å². The molecule has 0 aliphatic carbocycles. The van der Waals surface area contributed by atoms with Crippen LogP contribution in [0.15, 0.2) is 60.7 Å². The van der Waals surface area contributed by atoms with Crippen molar-refractivity contribution in [1.82, 2.24) is 19.0 Å². The van der Waals surface area contributed by atoms with E-state index >= 15 is 0 Å². The van der Waals surface area contributed by atoms with Crippen LogP contribution < -0.4 is 5.32 Å². The van der Waals surface area contributed by atoms with Gasteiger partial charge in [-0.2, -0.15) is 0 Å². The van der Waals surface area contributed by atoms with Gasteiger partial charge < -0.3 is 0 Å². The number of fused-ring (bicyclic) bond motifs is 3. The van der Waals surface area contributed by atoms with Crippen LogP contribution in [0.4, 0.5) is 0 Å². The van der Waals surface area contributed by atoms with E-state index in [2.05, 4.69) is 95.9 Å². The van der Waals surface area contributed by atoms with Gasteiger partial charge in [-0.05, 0) is 0 Å². The minimum atomic E-state index is 0.103. The molecule has 2 bridgehead atoms. The number of nitrogens with one attached hydrogen (secondary N) is 1. The average molecular weight is 461 g/mol. The Balaban J connectivity index is 1.69. The van der Waals surface area contributed by atoms with Crippen molar-refractivity contribution in [1.29, 1.82) is 0 Å². The maximum atomic E-state index is 3.83. The average Bonchev–Trinajstić information content (AvgIpc) is 2.79. The Labute approximate surface area is 197 Å². The summed E-state index contributed by atoms with van der Waals surface area (Å²) in [7, 11) is 0. The summed E-state index contributed by atoms with van der Waals surface area (Å²) in [6.07, 6.45) is 4.57. The molecule has 5 heteroatoms. The summed E-state index contributed by atoms with van der Waals surface area (Å²) in [4.78, 5) is 5.49. The van der Waals surface area contributed by atoms with Crippen LogP contribution in [0.5, 0.6) is 0 Å². The fourth-order valence-corrected chi connectivity index (χ4v) is 5.55. The number of nitrogens with zero attached hydrogens (tertiary/aromatic N) is 3. The number of benzene rings is 2. The number of hydrogen-bond donors (Lipinski definition) is 1. The summed E-state index contributed by atoms with van der Waals surface area (Å²) in [6, 6.07) is 22.3. The number of rotatable bonds is 4. The molecule has 2 heterocycles. The van der Waals surface area contributed by atoms with Gasteiger partial charge in [-0.15, -0.1) is 0 Å². The molecule has 2 aliphatic rings. The summed E-state index contributed by atoms with van der Waals surface area (Å²) < 4.78 is 2.35. The Hall–Kier alpha value is -1.20. The zero-order chi connectivity index (χ0) is 21.4. The van der Waals surface area contributed by atoms with Crippen molar-refractivity contribution in [2.75, 3.05) is 58.9 Å². The summed E-state index contributed by atoms with van der Waals surface area (Å²) >= 11 is 3.83. The Morgan fingerprint density at radius 3 is 2.03 bits per heavy atom. The van der Waals surface area contributed by atoms with Gasteiger partial charge in [-0.1, -0.05) is 0 Å². The fourth-order valence-electron chi connectivity index (χ4n) is 5.25. The Bertz CT molecular complexity index is 728. The molecule has 4 rings (SSSR count). The van der Waals surface area contributed by atoms with Crippen LogP contribution in [-0.4, -0.2) is 78.2 Å². The molecule has 4 nitrogen and oxygen atoms in total. The van der Waals surface area contributed by atoms with Crippen molar-refractivity contribution < 1.29 is 16.2 Å². The first-order valence-electron chi connectivity index (χ1n) is 11.9. The van der Waals surface area contributed by atoms with E-state index in [1.54, 1.807) is 0 Å².